The Hall–Kier alpha value is -1.40. The summed E-state index contributed by atoms with van der Waals surface area (Å²) in [4.78, 5) is 23.6. The number of ether oxygens (including phenoxy) is 1. The molecule has 106 valence electrons. The lowest BCUT2D eigenvalue weighted by molar-refractivity contribution is -0.127. The Labute approximate surface area is 118 Å². The number of carbonyl (C=O) groups is 1. The van der Waals surface area contributed by atoms with Crippen LogP contribution < -0.4 is 4.90 Å². The van der Waals surface area contributed by atoms with Crippen LogP contribution in [-0.4, -0.2) is 55.1 Å². The Morgan fingerprint density at radius 1 is 1.42 bits per heavy atom. The van der Waals surface area contributed by atoms with Crippen LogP contribution in [0.1, 0.15) is 12.7 Å². The Morgan fingerprint density at radius 2 is 2.11 bits per heavy atom. The molecule has 1 rings (SSSR count). The maximum atomic E-state index is 11.8. The maximum Gasteiger partial charge on any atom is 0.241 e. The number of likely N-dealkylation sites (N-methyl/N-ethyl adjacent to an activating group) is 2. The minimum absolute atomic E-state index is 0.00452. The van der Waals surface area contributed by atoms with E-state index >= 15 is 0 Å². The lowest BCUT2D eigenvalue weighted by Gasteiger charge is -2.23. The molecule has 0 fully saturated rings. The van der Waals surface area contributed by atoms with Gasteiger partial charge in [0.1, 0.15) is 17.6 Å². The highest BCUT2D eigenvalue weighted by Crippen LogP contribution is 2.16. The molecule has 1 amide bonds. The van der Waals surface area contributed by atoms with Crippen LogP contribution in [0.3, 0.4) is 0 Å². The summed E-state index contributed by atoms with van der Waals surface area (Å²) >= 11 is 5.96. The average Bonchev–Trinajstić information content (AvgIpc) is 2.35. The molecule has 19 heavy (non-hydrogen) atoms. The summed E-state index contributed by atoms with van der Waals surface area (Å²) in [5, 5.41) is 0.341. The van der Waals surface area contributed by atoms with E-state index in [-0.39, 0.29) is 19.1 Å². The Bertz CT molecular complexity index is 440. The van der Waals surface area contributed by atoms with Crippen molar-refractivity contribution in [2.24, 2.45) is 0 Å². The van der Waals surface area contributed by atoms with E-state index in [0.29, 0.717) is 23.3 Å². The topological polar surface area (TPSA) is 58.6 Å². The number of anilines is 1. The molecule has 0 aliphatic rings. The number of halogens is 1. The van der Waals surface area contributed by atoms with E-state index in [0.717, 1.165) is 0 Å². The van der Waals surface area contributed by atoms with Gasteiger partial charge < -0.3 is 14.5 Å². The van der Waals surface area contributed by atoms with Gasteiger partial charge in [0.2, 0.25) is 5.91 Å². The molecule has 0 N–H and O–H groups in total. The maximum absolute atomic E-state index is 11.8. The molecule has 0 aliphatic carbocycles. The van der Waals surface area contributed by atoms with Crippen molar-refractivity contribution in [3.8, 4) is 0 Å². The van der Waals surface area contributed by atoms with Gasteiger partial charge in [0.15, 0.2) is 5.82 Å². The minimum Gasteiger partial charge on any atom is -0.377 e. The second-order valence-corrected chi connectivity index (χ2v) is 4.59. The molecular formula is C12H19ClN4O2. The summed E-state index contributed by atoms with van der Waals surface area (Å²) in [6.45, 7) is 3.14. The van der Waals surface area contributed by atoms with Crippen molar-refractivity contribution in [3.63, 3.8) is 0 Å². The van der Waals surface area contributed by atoms with E-state index in [1.165, 1.54) is 0 Å². The number of amides is 1. The van der Waals surface area contributed by atoms with Crippen LogP contribution in [0.15, 0.2) is 6.07 Å². The number of methoxy groups -OCH3 is 1. The molecule has 1 heterocycles. The zero-order chi connectivity index (χ0) is 14.4. The number of carbonyl (C=O) groups excluding carboxylic acids is 1. The van der Waals surface area contributed by atoms with Gasteiger partial charge in [-0.25, -0.2) is 9.97 Å². The molecule has 1 aromatic rings. The van der Waals surface area contributed by atoms with Crippen molar-refractivity contribution >= 4 is 23.3 Å². The van der Waals surface area contributed by atoms with Crippen LogP contribution in [0, 0.1) is 0 Å². The third kappa shape index (κ3) is 4.65. The molecule has 0 radical (unpaired) electrons. The van der Waals surface area contributed by atoms with Gasteiger partial charge in [-0.1, -0.05) is 11.6 Å². The van der Waals surface area contributed by atoms with E-state index in [4.69, 9.17) is 16.3 Å². The van der Waals surface area contributed by atoms with Gasteiger partial charge in [0, 0.05) is 33.8 Å². The number of aromatic nitrogens is 2. The second kappa shape index (κ2) is 7.25. The van der Waals surface area contributed by atoms with Crippen LogP contribution in [0.5, 0.6) is 0 Å². The molecule has 0 saturated carbocycles. The monoisotopic (exact) mass is 286 g/mol. The first-order valence-electron chi connectivity index (χ1n) is 5.95. The predicted octanol–water partition coefficient (Wildman–Crippen LogP) is 1.19. The van der Waals surface area contributed by atoms with Gasteiger partial charge in [-0.05, 0) is 6.92 Å². The van der Waals surface area contributed by atoms with Crippen LogP contribution >= 0.6 is 11.6 Å². The lowest BCUT2D eigenvalue weighted by atomic mass is 10.4. The fourth-order valence-corrected chi connectivity index (χ4v) is 1.66. The molecule has 0 aliphatic heterocycles. The van der Waals surface area contributed by atoms with E-state index in [9.17, 15) is 4.79 Å². The van der Waals surface area contributed by atoms with Gasteiger partial charge in [-0.2, -0.15) is 0 Å². The minimum atomic E-state index is 0.00452. The summed E-state index contributed by atoms with van der Waals surface area (Å²) in [6.07, 6.45) is 0. The quantitative estimate of drug-likeness (QED) is 0.735. The highest BCUT2D eigenvalue weighted by atomic mass is 35.5. The van der Waals surface area contributed by atoms with Gasteiger partial charge in [-0.15, -0.1) is 0 Å². The molecule has 6 nitrogen and oxygen atoms in total. The van der Waals surface area contributed by atoms with Crippen LogP contribution in [0.2, 0.25) is 5.15 Å². The largest absolute Gasteiger partial charge is 0.377 e. The third-order valence-corrected chi connectivity index (χ3v) is 2.73. The van der Waals surface area contributed by atoms with Crippen molar-refractivity contribution in [1.29, 1.82) is 0 Å². The van der Waals surface area contributed by atoms with Crippen molar-refractivity contribution in [2.75, 3.05) is 39.2 Å². The molecule has 0 saturated heterocycles. The summed E-state index contributed by atoms with van der Waals surface area (Å²) in [5.41, 5.74) is 0. The van der Waals surface area contributed by atoms with Crippen molar-refractivity contribution in [3.05, 3.63) is 17.0 Å². The summed E-state index contributed by atoms with van der Waals surface area (Å²) in [7, 11) is 5.01. The second-order valence-electron chi connectivity index (χ2n) is 4.20. The first-order chi connectivity index (χ1) is 8.97. The fraction of sp³-hybridized carbons (Fsp3) is 0.583. The average molecular weight is 287 g/mol. The molecule has 0 spiro atoms. The fourth-order valence-electron chi connectivity index (χ4n) is 1.47. The standard InChI is InChI=1S/C12H19ClN4O2/c1-5-17(7-12(18)16(2)3)11-6-9(13)14-10(15-11)8-19-4/h6H,5,7-8H2,1-4H3. The molecule has 0 bridgehead atoms. The van der Waals surface area contributed by atoms with Gasteiger partial charge in [0.25, 0.3) is 0 Å². The molecule has 0 atom stereocenters. The SMILES string of the molecule is CCN(CC(=O)N(C)C)c1cc(Cl)nc(COC)n1. The zero-order valence-corrected chi connectivity index (χ0v) is 12.4. The first-order valence-corrected chi connectivity index (χ1v) is 6.33. The first kappa shape index (κ1) is 15.7. The summed E-state index contributed by atoms with van der Waals surface area (Å²) < 4.78 is 4.99. The number of nitrogens with zero attached hydrogens (tertiary/aromatic N) is 4. The van der Waals surface area contributed by atoms with Gasteiger partial charge in [0.05, 0.1) is 6.54 Å². The number of hydrogen-bond donors (Lipinski definition) is 0. The smallest absolute Gasteiger partial charge is 0.241 e. The van der Waals surface area contributed by atoms with Crippen molar-refractivity contribution in [1.82, 2.24) is 14.9 Å². The molecule has 0 aromatic carbocycles. The lowest BCUT2D eigenvalue weighted by Crippen LogP contribution is -2.37. The van der Waals surface area contributed by atoms with Gasteiger partial charge in [-0.3, -0.25) is 4.79 Å². The Balaban J connectivity index is 2.94. The number of hydrogen-bond acceptors (Lipinski definition) is 5. The molecule has 7 heteroatoms. The van der Waals surface area contributed by atoms with Crippen molar-refractivity contribution < 1.29 is 9.53 Å². The third-order valence-electron chi connectivity index (χ3n) is 2.53. The van der Waals surface area contributed by atoms with E-state index < -0.39 is 0 Å². The Kier molecular flexibility index (Phi) is 5.98. The van der Waals surface area contributed by atoms with Crippen LogP contribution in [0.25, 0.3) is 0 Å². The normalized spacial score (nSPS) is 10.4. The molecule has 1 aromatic heterocycles. The van der Waals surface area contributed by atoms with E-state index in [1.807, 2.05) is 11.8 Å². The van der Waals surface area contributed by atoms with Crippen LogP contribution in [-0.2, 0) is 16.1 Å². The molecule has 0 unspecified atom stereocenters. The summed E-state index contributed by atoms with van der Waals surface area (Å²) in [5.74, 6) is 1.13. The summed E-state index contributed by atoms with van der Waals surface area (Å²) in [6, 6.07) is 1.65. The van der Waals surface area contributed by atoms with Crippen LogP contribution in [0.4, 0.5) is 5.82 Å². The zero-order valence-electron chi connectivity index (χ0n) is 11.7. The Morgan fingerprint density at radius 3 is 2.63 bits per heavy atom. The number of rotatable bonds is 6. The highest BCUT2D eigenvalue weighted by molar-refractivity contribution is 6.29. The molecular weight excluding hydrogens is 268 g/mol. The van der Waals surface area contributed by atoms with Gasteiger partial charge >= 0.3 is 0 Å². The van der Waals surface area contributed by atoms with E-state index in [1.54, 1.807) is 32.2 Å². The van der Waals surface area contributed by atoms with Crippen molar-refractivity contribution in [2.45, 2.75) is 13.5 Å². The highest BCUT2D eigenvalue weighted by Gasteiger charge is 2.14. The predicted molar refractivity (Wildman–Crippen MR) is 74.3 cm³/mol. The van der Waals surface area contributed by atoms with E-state index in [2.05, 4.69) is 9.97 Å².